The van der Waals surface area contributed by atoms with Crippen LogP contribution in [0.2, 0.25) is 0 Å². The Morgan fingerprint density at radius 2 is 1.84 bits per heavy atom. The molecular weight excluding hydrogens is 338 g/mol. The van der Waals surface area contributed by atoms with E-state index in [2.05, 4.69) is 18.7 Å². The number of sulfonamides is 1. The van der Waals surface area contributed by atoms with Crippen LogP contribution in [0.25, 0.3) is 0 Å². The molecule has 0 saturated carbocycles. The Hall–Kier alpha value is -1.46. The molecule has 0 spiro atoms. The molecule has 1 heterocycles. The van der Waals surface area contributed by atoms with Crippen molar-refractivity contribution in [3.8, 4) is 6.07 Å². The Labute approximate surface area is 151 Å². The van der Waals surface area contributed by atoms with Gasteiger partial charge in [-0.15, -0.1) is 0 Å². The third-order valence-electron chi connectivity index (χ3n) is 4.43. The lowest BCUT2D eigenvalue weighted by atomic mass is 10.0. The lowest BCUT2D eigenvalue weighted by Crippen LogP contribution is -2.43. The van der Waals surface area contributed by atoms with E-state index in [0.29, 0.717) is 32.2 Å². The summed E-state index contributed by atoms with van der Waals surface area (Å²) in [5.74, 6) is 0.354. The summed E-state index contributed by atoms with van der Waals surface area (Å²) in [5.41, 5.74) is 1.11. The van der Waals surface area contributed by atoms with E-state index in [1.54, 1.807) is 12.1 Å². The first-order valence-corrected chi connectivity index (χ1v) is 10.2. The molecule has 0 unspecified atom stereocenters. The van der Waals surface area contributed by atoms with Crippen LogP contribution < -0.4 is 0 Å². The molecule has 1 fully saturated rings. The van der Waals surface area contributed by atoms with Gasteiger partial charge in [0.2, 0.25) is 10.0 Å². The minimum absolute atomic E-state index is 0.187. The van der Waals surface area contributed by atoms with Gasteiger partial charge in [0.15, 0.2) is 0 Å². The predicted octanol–water partition coefficient (Wildman–Crippen LogP) is 2.05. The molecule has 7 heteroatoms. The molecule has 0 N–H and O–H groups in total. The van der Waals surface area contributed by atoms with Crippen molar-refractivity contribution in [2.24, 2.45) is 0 Å². The Morgan fingerprint density at radius 3 is 2.40 bits per heavy atom. The topological polar surface area (TPSA) is 73.6 Å². The van der Waals surface area contributed by atoms with E-state index >= 15 is 0 Å². The standard InChI is InChI=1S/C18H27N3O3S/c1-16(2)17-4-6-18(7-5-17)25(22,23)21(9-3-8-19)11-10-20-12-14-24-15-13-20/h4-7,16H,3,9-15H2,1-2H3. The molecule has 1 saturated heterocycles. The highest BCUT2D eigenvalue weighted by molar-refractivity contribution is 7.89. The largest absolute Gasteiger partial charge is 0.379 e. The predicted molar refractivity (Wildman–Crippen MR) is 96.8 cm³/mol. The monoisotopic (exact) mass is 365 g/mol. The van der Waals surface area contributed by atoms with Gasteiger partial charge in [-0.3, -0.25) is 4.90 Å². The van der Waals surface area contributed by atoms with Crippen LogP contribution in [0.1, 0.15) is 31.7 Å². The summed E-state index contributed by atoms with van der Waals surface area (Å²) in [6, 6.07) is 9.10. The zero-order valence-corrected chi connectivity index (χ0v) is 15.8. The molecule has 0 aliphatic carbocycles. The Kier molecular flexibility index (Phi) is 7.38. The first-order valence-electron chi connectivity index (χ1n) is 8.72. The van der Waals surface area contributed by atoms with Crippen molar-refractivity contribution in [3.05, 3.63) is 29.8 Å². The van der Waals surface area contributed by atoms with Crippen LogP contribution in [0.4, 0.5) is 0 Å². The van der Waals surface area contributed by atoms with Crippen molar-refractivity contribution >= 4 is 10.0 Å². The summed E-state index contributed by atoms with van der Waals surface area (Å²) in [6.45, 7) is 8.40. The molecule has 1 aromatic rings. The first kappa shape index (κ1) is 19.9. The van der Waals surface area contributed by atoms with Gasteiger partial charge in [-0.05, 0) is 23.6 Å². The molecule has 1 aliphatic heterocycles. The van der Waals surface area contributed by atoms with Gasteiger partial charge in [0.05, 0.1) is 24.2 Å². The van der Waals surface area contributed by atoms with E-state index in [0.717, 1.165) is 18.7 Å². The molecule has 6 nitrogen and oxygen atoms in total. The van der Waals surface area contributed by atoms with Crippen molar-refractivity contribution in [3.63, 3.8) is 0 Å². The number of benzene rings is 1. The molecular formula is C18H27N3O3S. The van der Waals surface area contributed by atoms with Crippen LogP contribution in [0.15, 0.2) is 29.2 Å². The number of hydrogen-bond donors (Lipinski definition) is 0. The summed E-state index contributed by atoms with van der Waals surface area (Å²) in [5, 5.41) is 8.87. The summed E-state index contributed by atoms with van der Waals surface area (Å²) >= 11 is 0. The highest BCUT2D eigenvalue weighted by Crippen LogP contribution is 2.20. The number of morpholine rings is 1. The maximum atomic E-state index is 13.0. The molecule has 0 atom stereocenters. The normalized spacial score (nSPS) is 16.3. The second kappa shape index (κ2) is 9.30. The van der Waals surface area contributed by atoms with Gasteiger partial charge in [-0.2, -0.15) is 9.57 Å². The van der Waals surface area contributed by atoms with E-state index in [1.807, 2.05) is 18.2 Å². The van der Waals surface area contributed by atoms with E-state index in [-0.39, 0.29) is 17.9 Å². The fourth-order valence-corrected chi connectivity index (χ4v) is 4.21. The fourth-order valence-electron chi connectivity index (χ4n) is 2.78. The van der Waals surface area contributed by atoms with E-state index in [9.17, 15) is 8.42 Å². The minimum atomic E-state index is -3.59. The van der Waals surface area contributed by atoms with Crippen LogP contribution in [0, 0.1) is 11.3 Å². The Balaban J connectivity index is 2.11. The third-order valence-corrected chi connectivity index (χ3v) is 6.34. The van der Waals surface area contributed by atoms with Gasteiger partial charge in [0, 0.05) is 39.1 Å². The second-order valence-corrected chi connectivity index (χ2v) is 8.43. The zero-order valence-electron chi connectivity index (χ0n) is 15.0. The first-order chi connectivity index (χ1) is 11.9. The van der Waals surface area contributed by atoms with Crippen molar-refractivity contribution in [1.29, 1.82) is 5.26 Å². The molecule has 0 bridgehead atoms. The highest BCUT2D eigenvalue weighted by Gasteiger charge is 2.25. The van der Waals surface area contributed by atoms with Crippen molar-refractivity contribution < 1.29 is 13.2 Å². The van der Waals surface area contributed by atoms with Crippen LogP contribution >= 0.6 is 0 Å². The summed E-state index contributed by atoms with van der Waals surface area (Å²) in [7, 11) is -3.59. The lowest BCUT2D eigenvalue weighted by molar-refractivity contribution is 0.0363. The third kappa shape index (κ3) is 5.51. The summed E-state index contributed by atoms with van der Waals surface area (Å²) in [4.78, 5) is 2.48. The second-order valence-electron chi connectivity index (χ2n) is 6.49. The van der Waals surface area contributed by atoms with Gasteiger partial charge in [0.25, 0.3) is 0 Å². The number of nitriles is 1. The SMILES string of the molecule is CC(C)c1ccc(S(=O)(=O)N(CCC#N)CCN2CCOCC2)cc1. The number of hydrogen-bond acceptors (Lipinski definition) is 5. The average molecular weight is 365 g/mol. The maximum Gasteiger partial charge on any atom is 0.243 e. The maximum absolute atomic E-state index is 13.0. The molecule has 1 aromatic carbocycles. The van der Waals surface area contributed by atoms with E-state index < -0.39 is 10.0 Å². The lowest BCUT2D eigenvalue weighted by Gasteiger charge is -2.29. The highest BCUT2D eigenvalue weighted by atomic mass is 32.2. The molecule has 2 rings (SSSR count). The van der Waals surface area contributed by atoms with Gasteiger partial charge in [-0.1, -0.05) is 26.0 Å². The fraction of sp³-hybridized carbons (Fsp3) is 0.611. The van der Waals surface area contributed by atoms with Crippen LogP contribution in [0.3, 0.4) is 0 Å². The van der Waals surface area contributed by atoms with E-state index in [4.69, 9.17) is 10.00 Å². The number of rotatable bonds is 8. The van der Waals surface area contributed by atoms with Gasteiger partial charge < -0.3 is 4.74 Å². The summed E-state index contributed by atoms with van der Waals surface area (Å²) < 4.78 is 32.7. The smallest absolute Gasteiger partial charge is 0.243 e. The number of nitrogens with zero attached hydrogens (tertiary/aromatic N) is 3. The molecule has 0 radical (unpaired) electrons. The minimum Gasteiger partial charge on any atom is -0.379 e. The molecule has 138 valence electrons. The summed E-state index contributed by atoms with van der Waals surface area (Å²) in [6.07, 6.45) is 0.187. The van der Waals surface area contributed by atoms with Crippen LogP contribution in [-0.2, 0) is 14.8 Å². The number of ether oxygens (including phenoxy) is 1. The molecule has 0 amide bonds. The van der Waals surface area contributed by atoms with Crippen LogP contribution in [0.5, 0.6) is 0 Å². The Bertz CT molecular complexity index is 675. The van der Waals surface area contributed by atoms with Crippen molar-refractivity contribution in [2.75, 3.05) is 45.9 Å². The van der Waals surface area contributed by atoms with Gasteiger partial charge in [-0.25, -0.2) is 8.42 Å². The quantitative estimate of drug-likeness (QED) is 0.705. The van der Waals surface area contributed by atoms with Gasteiger partial charge in [0.1, 0.15) is 0 Å². The van der Waals surface area contributed by atoms with Crippen molar-refractivity contribution in [2.45, 2.75) is 31.1 Å². The van der Waals surface area contributed by atoms with Crippen LogP contribution in [-0.4, -0.2) is 63.6 Å². The van der Waals surface area contributed by atoms with Gasteiger partial charge >= 0.3 is 0 Å². The zero-order chi connectivity index (χ0) is 18.3. The molecule has 1 aliphatic rings. The molecule has 0 aromatic heterocycles. The molecule has 25 heavy (non-hydrogen) atoms. The Morgan fingerprint density at radius 1 is 1.20 bits per heavy atom. The van der Waals surface area contributed by atoms with Crippen molar-refractivity contribution in [1.82, 2.24) is 9.21 Å². The van der Waals surface area contributed by atoms with E-state index in [1.165, 1.54) is 4.31 Å². The average Bonchev–Trinajstić information content (AvgIpc) is 2.62.